The van der Waals surface area contributed by atoms with E-state index in [9.17, 15) is 18.0 Å². The van der Waals surface area contributed by atoms with E-state index in [-0.39, 0.29) is 6.54 Å². The van der Waals surface area contributed by atoms with Gasteiger partial charge in [-0.2, -0.15) is 13.2 Å². The number of alkyl halides is 3. The summed E-state index contributed by atoms with van der Waals surface area (Å²) in [6, 6.07) is 6.77. The number of ether oxygens (including phenoxy) is 1. The average Bonchev–Trinajstić information content (AvgIpc) is 2.35. The van der Waals surface area contributed by atoms with Gasteiger partial charge >= 0.3 is 6.18 Å². The first kappa shape index (κ1) is 15.5. The van der Waals surface area contributed by atoms with E-state index in [1.807, 2.05) is 0 Å². The molecule has 0 aliphatic carbocycles. The van der Waals surface area contributed by atoms with Crippen LogP contribution in [0.5, 0.6) is 0 Å². The van der Waals surface area contributed by atoms with Crippen LogP contribution in [0, 0.1) is 0 Å². The lowest BCUT2D eigenvalue weighted by Gasteiger charge is -2.16. The van der Waals surface area contributed by atoms with Crippen LogP contribution in [-0.2, 0) is 16.1 Å². The van der Waals surface area contributed by atoms with Gasteiger partial charge in [-0.15, -0.1) is 0 Å². The molecule has 1 aromatic rings. The first-order chi connectivity index (χ1) is 8.84. The first-order valence-electron chi connectivity index (χ1n) is 5.60. The maximum atomic E-state index is 12.2. The Bertz CT molecular complexity index is 435. The van der Waals surface area contributed by atoms with Gasteiger partial charge in [0.2, 0.25) is 5.91 Å². The minimum Gasteiger partial charge on any atom is -0.359 e. The lowest BCUT2D eigenvalue weighted by atomic mass is 10.2. The van der Waals surface area contributed by atoms with Crippen molar-refractivity contribution >= 4 is 11.6 Å². The van der Waals surface area contributed by atoms with Crippen molar-refractivity contribution in [3.63, 3.8) is 0 Å². The maximum Gasteiger partial charge on any atom is 0.414 e. The third-order valence-electron chi connectivity index (χ3n) is 2.44. The number of halogens is 3. The van der Waals surface area contributed by atoms with Crippen molar-refractivity contribution in [3.8, 4) is 0 Å². The number of para-hydroxylation sites is 1. The standard InChI is InChI=1S/C12H15F3N2O2/c1-8(12(13,14)15)19-7-11(18)17-10-5-3-2-4-9(10)6-16/h2-5,8H,6-7,16H2,1H3,(H,17,18). The zero-order chi connectivity index (χ0) is 14.5. The highest BCUT2D eigenvalue weighted by atomic mass is 19.4. The second-order valence-electron chi connectivity index (χ2n) is 3.90. The van der Waals surface area contributed by atoms with E-state index in [0.29, 0.717) is 11.3 Å². The topological polar surface area (TPSA) is 64.3 Å². The number of hydrogen-bond acceptors (Lipinski definition) is 3. The van der Waals surface area contributed by atoms with Crippen LogP contribution in [0.15, 0.2) is 24.3 Å². The summed E-state index contributed by atoms with van der Waals surface area (Å²) < 4.78 is 41.0. The Morgan fingerprint density at radius 3 is 2.63 bits per heavy atom. The number of carbonyl (C=O) groups is 1. The molecular weight excluding hydrogens is 261 g/mol. The van der Waals surface area contributed by atoms with Gasteiger partial charge in [0.15, 0.2) is 6.10 Å². The normalized spacial score (nSPS) is 13.1. The molecule has 106 valence electrons. The van der Waals surface area contributed by atoms with Gasteiger partial charge in [0.1, 0.15) is 6.61 Å². The zero-order valence-electron chi connectivity index (χ0n) is 10.3. The molecule has 0 fully saturated rings. The summed E-state index contributed by atoms with van der Waals surface area (Å²) in [5, 5.41) is 2.46. The fourth-order valence-corrected chi connectivity index (χ4v) is 1.30. The highest BCUT2D eigenvalue weighted by Crippen LogP contribution is 2.22. The van der Waals surface area contributed by atoms with Crippen LogP contribution in [0.2, 0.25) is 0 Å². The van der Waals surface area contributed by atoms with E-state index < -0.39 is 24.8 Å². The summed E-state index contributed by atoms with van der Waals surface area (Å²) >= 11 is 0. The first-order valence-corrected chi connectivity index (χ1v) is 5.60. The van der Waals surface area contributed by atoms with Crippen molar-refractivity contribution in [1.29, 1.82) is 0 Å². The molecule has 0 aliphatic rings. The zero-order valence-corrected chi connectivity index (χ0v) is 10.3. The summed E-state index contributed by atoms with van der Waals surface area (Å²) in [4.78, 5) is 11.5. The lowest BCUT2D eigenvalue weighted by Crippen LogP contribution is -2.32. The van der Waals surface area contributed by atoms with Crippen LogP contribution < -0.4 is 11.1 Å². The van der Waals surface area contributed by atoms with E-state index in [1.165, 1.54) is 0 Å². The Labute approximate surface area is 108 Å². The van der Waals surface area contributed by atoms with Gasteiger partial charge in [-0.3, -0.25) is 4.79 Å². The Hall–Kier alpha value is -1.60. The average molecular weight is 276 g/mol. The van der Waals surface area contributed by atoms with Crippen molar-refractivity contribution in [3.05, 3.63) is 29.8 Å². The second-order valence-corrected chi connectivity index (χ2v) is 3.90. The van der Waals surface area contributed by atoms with Crippen molar-refractivity contribution in [1.82, 2.24) is 0 Å². The Balaban J connectivity index is 2.52. The molecule has 0 saturated carbocycles. The predicted molar refractivity (Wildman–Crippen MR) is 64.4 cm³/mol. The van der Waals surface area contributed by atoms with Gasteiger partial charge in [-0.05, 0) is 18.6 Å². The summed E-state index contributed by atoms with van der Waals surface area (Å²) in [5.74, 6) is -0.656. The summed E-state index contributed by atoms with van der Waals surface area (Å²) in [5.41, 5.74) is 6.64. The van der Waals surface area contributed by atoms with Crippen LogP contribution in [0.1, 0.15) is 12.5 Å². The Morgan fingerprint density at radius 2 is 2.05 bits per heavy atom. The SMILES string of the molecule is CC(OCC(=O)Nc1ccccc1CN)C(F)(F)F. The monoisotopic (exact) mass is 276 g/mol. The number of hydrogen-bond donors (Lipinski definition) is 2. The fraction of sp³-hybridized carbons (Fsp3) is 0.417. The number of benzene rings is 1. The number of carbonyl (C=O) groups excluding carboxylic acids is 1. The second kappa shape index (κ2) is 6.53. The minimum atomic E-state index is -4.48. The van der Waals surface area contributed by atoms with E-state index in [0.717, 1.165) is 6.92 Å². The molecule has 0 bridgehead atoms. The quantitative estimate of drug-likeness (QED) is 0.865. The molecule has 0 saturated heterocycles. The van der Waals surface area contributed by atoms with Crippen molar-refractivity contribution in [2.75, 3.05) is 11.9 Å². The fourth-order valence-electron chi connectivity index (χ4n) is 1.30. The molecular formula is C12H15F3N2O2. The number of nitrogens with two attached hydrogens (primary N) is 1. The Kier molecular flexibility index (Phi) is 5.31. The maximum absolute atomic E-state index is 12.2. The third-order valence-corrected chi connectivity index (χ3v) is 2.44. The van der Waals surface area contributed by atoms with Gasteiger partial charge < -0.3 is 15.8 Å². The van der Waals surface area contributed by atoms with Gasteiger partial charge in [0.05, 0.1) is 0 Å². The number of rotatable bonds is 5. The molecule has 4 nitrogen and oxygen atoms in total. The summed E-state index contributed by atoms with van der Waals surface area (Å²) in [7, 11) is 0. The van der Waals surface area contributed by atoms with Gasteiger partial charge in [0, 0.05) is 12.2 Å². The molecule has 3 N–H and O–H groups in total. The molecule has 0 aliphatic heterocycles. The summed E-state index contributed by atoms with van der Waals surface area (Å²) in [6.45, 7) is 0.400. The molecule has 1 unspecified atom stereocenters. The van der Waals surface area contributed by atoms with E-state index in [4.69, 9.17) is 5.73 Å². The summed E-state index contributed by atoms with van der Waals surface area (Å²) in [6.07, 6.45) is -6.46. The molecule has 0 aromatic heterocycles. The lowest BCUT2D eigenvalue weighted by molar-refractivity contribution is -0.213. The van der Waals surface area contributed by atoms with Gasteiger partial charge in [-0.25, -0.2) is 0 Å². The molecule has 1 aromatic carbocycles. The third kappa shape index (κ3) is 4.88. The predicted octanol–water partition coefficient (Wildman–Crippen LogP) is 2.05. The molecule has 0 spiro atoms. The smallest absolute Gasteiger partial charge is 0.359 e. The van der Waals surface area contributed by atoms with Gasteiger partial charge in [0.25, 0.3) is 0 Å². The van der Waals surface area contributed by atoms with Crippen LogP contribution in [-0.4, -0.2) is 24.8 Å². The highest BCUT2D eigenvalue weighted by molar-refractivity contribution is 5.92. The number of amides is 1. The van der Waals surface area contributed by atoms with Crippen molar-refractivity contribution in [2.45, 2.75) is 25.7 Å². The molecule has 0 heterocycles. The molecule has 1 atom stereocenters. The molecule has 19 heavy (non-hydrogen) atoms. The van der Waals surface area contributed by atoms with E-state index in [1.54, 1.807) is 24.3 Å². The molecule has 7 heteroatoms. The van der Waals surface area contributed by atoms with Gasteiger partial charge in [-0.1, -0.05) is 18.2 Å². The number of anilines is 1. The molecule has 1 amide bonds. The largest absolute Gasteiger partial charge is 0.414 e. The van der Waals surface area contributed by atoms with Crippen LogP contribution >= 0.6 is 0 Å². The van der Waals surface area contributed by atoms with Crippen LogP contribution in [0.3, 0.4) is 0 Å². The van der Waals surface area contributed by atoms with Crippen molar-refractivity contribution < 1.29 is 22.7 Å². The van der Waals surface area contributed by atoms with Crippen LogP contribution in [0.25, 0.3) is 0 Å². The van der Waals surface area contributed by atoms with Crippen molar-refractivity contribution in [2.24, 2.45) is 5.73 Å². The van der Waals surface area contributed by atoms with E-state index >= 15 is 0 Å². The number of nitrogens with one attached hydrogen (secondary N) is 1. The highest BCUT2D eigenvalue weighted by Gasteiger charge is 2.37. The Morgan fingerprint density at radius 1 is 1.42 bits per heavy atom. The molecule has 1 rings (SSSR count). The van der Waals surface area contributed by atoms with Crippen LogP contribution in [0.4, 0.5) is 18.9 Å². The van der Waals surface area contributed by atoms with E-state index in [2.05, 4.69) is 10.1 Å². The molecule has 0 radical (unpaired) electrons. The minimum absolute atomic E-state index is 0.219.